The maximum absolute atomic E-state index is 12.7. The summed E-state index contributed by atoms with van der Waals surface area (Å²) in [4.78, 5) is 16.0. The van der Waals surface area contributed by atoms with Gasteiger partial charge in [0.1, 0.15) is 0 Å². The summed E-state index contributed by atoms with van der Waals surface area (Å²) in [7, 11) is 0. The van der Waals surface area contributed by atoms with Gasteiger partial charge < -0.3 is 4.98 Å². The summed E-state index contributed by atoms with van der Waals surface area (Å²) in [6, 6.07) is 20.3. The van der Waals surface area contributed by atoms with Gasteiger partial charge in [-0.1, -0.05) is 35.3 Å². The molecule has 4 heteroatoms. The van der Waals surface area contributed by atoms with Crippen molar-refractivity contribution < 1.29 is 4.79 Å². The monoisotopic (exact) mass is 365 g/mol. The average Bonchev–Trinajstić information content (AvgIpc) is 3.05. The first-order valence-electron chi connectivity index (χ1n) is 7.79. The number of nitrogens with one attached hydrogen (secondary N) is 1. The van der Waals surface area contributed by atoms with Gasteiger partial charge in [0, 0.05) is 43.8 Å². The maximum atomic E-state index is 12.7. The molecule has 0 bridgehead atoms. The van der Waals surface area contributed by atoms with Gasteiger partial charge in [0.25, 0.3) is 0 Å². The van der Waals surface area contributed by atoms with Gasteiger partial charge in [-0.25, -0.2) is 0 Å². The Kier molecular flexibility index (Phi) is 4.08. The molecule has 0 amide bonds. The predicted octanol–water partition coefficient (Wildman–Crippen LogP) is 6.37. The largest absolute Gasteiger partial charge is 0.361 e. The number of halogens is 2. The fourth-order valence-corrected chi connectivity index (χ4v) is 3.15. The second-order valence-corrected chi connectivity index (χ2v) is 6.68. The third kappa shape index (κ3) is 3.07. The van der Waals surface area contributed by atoms with Crippen LogP contribution in [0.2, 0.25) is 10.0 Å². The molecule has 1 heterocycles. The van der Waals surface area contributed by atoms with E-state index < -0.39 is 0 Å². The number of hydrogen-bond acceptors (Lipinski definition) is 1. The summed E-state index contributed by atoms with van der Waals surface area (Å²) in [5.74, 6) is -0.0261. The Morgan fingerprint density at radius 2 is 1.36 bits per heavy atom. The van der Waals surface area contributed by atoms with Crippen molar-refractivity contribution in [3.63, 3.8) is 0 Å². The fourth-order valence-electron chi connectivity index (χ4n) is 2.90. The number of aromatic nitrogens is 1. The molecule has 25 heavy (non-hydrogen) atoms. The van der Waals surface area contributed by atoms with Crippen LogP contribution >= 0.6 is 23.2 Å². The minimum Gasteiger partial charge on any atom is -0.361 e. The standard InChI is InChI=1S/C21H13Cl2NO/c22-16-6-1-13(2-7-16)19-12-24-20-10-5-15(11-18(19)20)21(25)14-3-8-17(23)9-4-14/h1-12,24H. The molecule has 2 nitrogen and oxygen atoms in total. The van der Waals surface area contributed by atoms with Gasteiger partial charge in [0.15, 0.2) is 5.78 Å². The molecular weight excluding hydrogens is 353 g/mol. The molecular formula is C21H13Cl2NO. The van der Waals surface area contributed by atoms with E-state index in [1.807, 2.05) is 48.7 Å². The van der Waals surface area contributed by atoms with Gasteiger partial charge in [-0.3, -0.25) is 4.79 Å². The van der Waals surface area contributed by atoms with Crippen LogP contribution in [0.3, 0.4) is 0 Å². The first-order valence-corrected chi connectivity index (χ1v) is 8.55. The number of aromatic amines is 1. The Bertz CT molecular complexity index is 1060. The number of fused-ring (bicyclic) bond motifs is 1. The van der Waals surface area contributed by atoms with Crippen LogP contribution < -0.4 is 0 Å². The van der Waals surface area contributed by atoms with E-state index in [1.54, 1.807) is 24.3 Å². The van der Waals surface area contributed by atoms with E-state index in [0.717, 1.165) is 22.0 Å². The summed E-state index contributed by atoms with van der Waals surface area (Å²) < 4.78 is 0. The summed E-state index contributed by atoms with van der Waals surface area (Å²) in [6.45, 7) is 0. The Morgan fingerprint density at radius 1 is 0.760 bits per heavy atom. The highest BCUT2D eigenvalue weighted by Crippen LogP contribution is 2.30. The van der Waals surface area contributed by atoms with Crippen molar-refractivity contribution in [2.45, 2.75) is 0 Å². The van der Waals surface area contributed by atoms with Crippen molar-refractivity contribution in [3.8, 4) is 11.1 Å². The summed E-state index contributed by atoms with van der Waals surface area (Å²) >= 11 is 11.9. The van der Waals surface area contributed by atoms with E-state index in [-0.39, 0.29) is 5.78 Å². The molecule has 1 aromatic heterocycles. The van der Waals surface area contributed by atoms with Gasteiger partial charge >= 0.3 is 0 Å². The van der Waals surface area contributed by atoms with Crippen molar-refractivity contribution in [2.24, 2.45) is 0 Å². The van der Waals surface area contributed by atoms with E-state index in [0.29, 0.717) is 21.2 Å². The second-order valence-electron chi connectivity index (χ2n) is 5.81. The van der Waals surface area contributed by atoms with Gasteiger partial charge in [0.05, 0.1) is 0 Å². The minimum absolute atomic E-state index is 0.0261. The van der Waals surface area contributed by atoms with E-state index >= 15 is 0 Å². The molecule has 0 atom stereocenters. The molecule has 0 unspecified atom stereocenters. The number of carbonyl (C=O) groups excluding carboxylic acids is 1. The molecule has 3 aromatic carbocycles. The predicted molar refractivity (Wildman–Crippen MR) is 104 cm³/mol. The Hall–Kier alpha value is -2.55. The zero-order valence-corrected chi connectivity index (χ0v) is 14.6. The molecule has 0 radical (unpaired) electrons. The normalized spacial score (nSPS) is 11.0. The third-order valence-electron chi connectivity index (χ3n) is 4.21. The van der Waals surface area contributed by atoms with Crippen molar-refractivity contribution in [2.75, 3.05) is 0 Å². The second kappa shape index (κ2) is 6.40. The summed E-state index contributed by atoms with van der Waals surface area (Å²) in [5.41, 5.74) is 4.33. The molecule has 0 spiro atoms. The van der Waals surface area contributed by atoms with Crippen LogP contribution in [-0.4, -0.2) is 10.8 Å². The van der Waals surface area contributed by atoms with E-state index in [1.165, 1.54) is 0 Å². The smallest absolute Gasteiger partial charge is 0.193 e. The topological polar surface area (TPSA) is 32.9 Å². The Labute approximate surface area is 155 Å². The number of hydrogen-bond donors (Lipinski definition) is 1. The fraction of sp³-hybridized carbons (Fsp3) is 0. The molecule has 0 saturated carbocycles. The Balaban J connectivity index is 1.79. The number of H-pyrrole nitrogens is 1. The number of carbonyl (C=O) groups is 1. The van der Waals surface area contributed by atoms with Gasteiger partial charge in [-0.05, 0) is 60.2 Å². The SMILES string of the molecule is O=C(c1ccc(Cl)cc1)c1ccc2[nH]cc(-c3ccc(Cl)cc3)c2c1. The van der Waals surface area contributed by atoms with E-state index in [2.05, 4.69) is 4.98 Å². The lowest BCUT2D eigenvalue weighted by Crippen LogP contribution is -2.00. The third-order valence-corrected chi connectivity index (χ3v) is 4.71. The first-order chi connectivity index (χ1) is 12.1. The highest BCUT2D eigenvalue weighted by atomic mass is 35.5. The van der Waals surface area contributed by atoms with Crippen LogP contribution in [0.25, 0.3) is 22.0 Å². The highest BCUT2D eigenvalue weighted by Gasteiger charge is 2.12. The van der Waals surface area contributed by atoms with Crippen molar-refractivity contribution in [3.05, 3.63) is 94.1 Å². The Morgan fingerprint density at radius 3 is 2.04 bits per heavy atom. The lowest BCUT2D eigenvalue weighted by molar-refractivity contribution is 0.103. The van der Waals surface area contributed by atoms with Crippen LogP contribution in [0.4, 0.5) is 0 Å². The summed E-state index contributed by atoms with van der Waals surface area (Å²) in [6.07, 6.45) is 1.95. The molecule has 4 rings (SSSR count). The van der Waals surface area contributed by atoms with Crippen LogP contribution in [0.15, 0.2) is 72.9 Å². The molecule has 0 fully saturated rings. The lowest BCUT2D eigenvalue weighted by Gasteiger charge is -2.04. The highest BCUT2D eigenvalue weighted by molar-refractivity contribution is 6.31. The molecule has 0 aliphatic carbocycles. The molecule has 0 saturated heterocycles. The van der Waals surface area contributed by atoms with Crippen molar-refractivity contribution in [1.82, 2.24) is 4.98 Å². The molecule has 0 aliphatic rings. The quantitative estimate of drug-likeness (QED) is 0.420. The van der Waals surface area contributed by atoms with Crippen molar-refractivity contribution >= 4 is 39.9 Å². The minimum atomic E-state index is -0.0261. The average molecular weight is 366 g/mol. The maximum Gasteiger partial charge on any atom is 0.193 e. The van der Waals surface area contributed by atoms with Crippen LogP contribution in [0.1, 0.15) is 15.9 Å². The van der Waals surface area contributed by atoms with E-state index in [9.17, 15) is 4.79 Å². The van der Waals surface area contributed by atoms with Crippen LogP contribution in [-0.2, 0) is 0 Å². The van der Waals surface area contributed by atoms with E-state index in [4.69, 9.17) is 23.2 Å². The molecule has 4 aromatic rings. The number of rotatable bonds is 3. The molecule has 122 valence electrons. The van der Waals surface area contributed by atoms with Crippen molar-refractivity contribution in [1.29, 1.82) is 0 Å². The summed E-state index contributed by atoms with van der Waals surface area (Å²) in [5, 5.41) is 2.31. The zero-order valence-electron chi connectivity index (χ0n) is 13.1. The molecule has 0 aliphatic heterocycles. The van der Waals surface area contributed by atoms with Gasteiger partial charge in [-0.2, -0.15) is 0 Å². The van der Waals surface area contributed by atoms with Crippen LogP contribution in [0.5, 0.6) is 0 Å². The molecule has 1 N–H and O–H groups in total. The number of benzene rings is 3. The number of ketones is 1. The zero-order chi connectivity index (χ0) is 17.4. The van der Waals surface area contributed by atoms with Crippen LogP contribution in [0, 0.1) is 0 Å². The van der Waals surface area contributed by atoms with Gasteiger partial charge in [0.2, 0.25) is 0 Å². The van der Waals surface area contributed by atoms with Gasteiger partial charge in [-0.15, -0.1) is 0 Å². The first kappa shape index (κ1) is 15.9. The lowest BCUT2D eigenvalue weighted by atomic mass is 9.99.